The number of hydrogen-bond donors (Lipinski definition) is 2. The van der Waals surface area contributed by atoms with E-state index in [2.05, 4.69) is 15.6 Å². The van der Waals surface area contributed by atoms with Crippen molar-refractivity contribution in [2.45, 2.75) is 52.1 Å². The number of carbonyl (C=O) groups is 3. The van der Waals surface area contributed by atoms with Crippen LogP contribution in [0.25, 0.3) is 22.0 Å². The number of ether oxygens (including phenoxy) is 3. The molecule has 1 heterocycles. The summed E-state index contributed by atoms with van der Waals surface area (Å²) in [5.74, 6) is 0.697. The van der Waals surface area contributed by atoms with Gasteiger partial charge in [0.15, 0.2) is 0 Å². The molecular formula is C32H39N3O6. The molecule has 2 amide bonds. The zero-order valence-electron chi connectivity index (χ0n) is 24.2. The van der Waals surface area contributed by atoms with Gasteiger partial charge in [0, 0.05) is 24.0 Å². The van der Waals surface area contributed by atoms with Crippen LogP contribution in [0.1, 0.15) is 56.8 Å². The second-order valence-corrected chi connectivity index (χ2v) is 11.3. The van der Waals surface area contributed by atoms with Gasteiger partial charge >= 0.3 is 12.1 Å². The van der Waals surface area contributed by atoms with Gasteiger partial charge < -0.3 is 24.8 Å². The number of alkyl carbamates (subject to hydrolysis) is 1. The van der Waals surface area contributed by atoms with Crippen molar-refractivity contribution in [3.63, 3.8) is 0 Å². The molecule has 0 atom stereocenters. The number of hydrogen-bond acceptors (Lipinski definition) is 7. The molecule has 1 aromatic heterocycles. The monoisotopic (exact) mass is 561 g/mol. The fourth-order valence-corrected chi connectivity index (χ4v) is 5.04. The van der Waals surface area contributed by atoms with Crippen LogP contribution in [0, 0.1) is 11.8 Å². The maximum Gasteiger partial charge on any atom is 0.407 e. The minimum absolute atomic E-state index is 0.0164. The van der Waals surface area contributed by atoms with E-state index in [0.717, 1.165) is 42.2 Å². The normalized spacial score (nSPS) is 17.0. The first-order valence-corrected chi connectivity index (χ1v) is 14.1. The molecular weight excluding hydrogens is 522 g/mol. The number of fused-ring (bicyclic) bond motifs is 1. The minimum atomic E-state index is -0.514. The van der Waals surface area contributed by atoms with Gasteiger partial charge in [-0.25, -0.2) is 9.59 Å². The molecule has 4 rings (SSSR count). The van der Waals surface area contributed by atoms with Crippen molar-refractivity contribution >= 4 is 28.9 Å². The summed E-state index contributed by atoms with van der Waals surface area (Å²) in [7, 11) is 1.36. The van der Waals surface area contributed by atoms with Gasteiger partial charge in [-0.05, 0) is 87.8 Å². The molecule has 1 fully saturated rings. The van der Waals surface area contributed by atoms with Crippen LogP contribution in [0.15, 0.2) is 54.7 Å². The smallest absolute Gasteiger partial charge is 0.407 e. The third-order valence-electron chi connectivity index (χ3n) is 7.14. The van der Waals surface area contributed by atoms with Crippen molar-refractivity contribution in [3.05, 3.63) is 60.3 Å². The molecule has 2 N–H and O–H groups in total. The molecule has 0 saturated heterocycles. The zero-order valence-corrected chi connectivity index (χ0v) is 24.2. The lowest BCUT2D eigenvalue weighted by Gasteiger charge is -2.28. The van der Waals surface area contributed by atoms with Crippen LogP contribution in [-0.4, -0.2) is 55.4 Å². The molecule has 1 aliphatic rings. The highest BCUT2D eigenvalue weighted by Gasteiger charge is 2.27. The van der Waals surface area contributed by atoms with Gasteiger partial charge in [-0.15, -0.1) is 0 Å². The summed E-state index contributed by atoms with van der Waals surface area (Å²) in [6.07, 6.45) is 4.60. The van der Waals surface area contributed by atoms with Gasteiger partial charge in [0.2, 0.25) is 5.91 Å². The van der Waals surface area contributed by atoms with Crippen LogP contribution < -0.4 is 15.4 Å². The lowest BCUT2D eigenvalue weighted by Crippen LogP contribution is -2.38. The van der Waals surface area contributed by atoms with Crippen molar-refractivity contribution in [1.29, 1.82) is 0 Å². The van der Waals surface area contributed by atoms with E-state index in [1.165, 1.54) is 7.11 Å². The zero-order chi connectivity index (χ0) is 29.4. The largest absolute Gasteiger partial charge is 0.492 e. The Morgan fingerprint density at radius 2 is 1.71 bits per heavy atom. The number of aromatic nitrogens is 1. The summed E-state index contributed by atoms with van der Waals surface area (Å²) in [6.45, 7) is 6.86. The highest BCUT2D eigenvalue weighted by atomic mass is 16.6. The summed E-state index contributed by atoms with van der Waals surface area (Å²) in [6, 6.07) is 15.1. The van der Waals surface area contributed by atoms with Gasteiger partial charge in [-0.3, -0.25) is 9.78 Å². The summed E-state index contributed by atoms with van der Waals surface area (Å²) in [5, 5.41) is 6.58. The first-order chi connectivity index (χ1) is 19.6. The topological polar surface area (TPSA) is 116 Å². The SMILES string of the molecule is COC(=O)c1ccnc2cc(-c3cccc(OCCNC(=O)C4CCC(CNC(=O)OC(C)(C)C)CC4)c3)ccc12. The van der Waals surface area contributed by atoms with Crippen molar-refractivity contribution in [2.75, 3.05) is 26.8 Å². The summed E-state index contributed by atoms with van der Waals surface area (Å²) >= 11 is 0. The lowest BCUT2D eigenvalue weighted by atomic mass is 9.81. The van der Waals surface area contributed by atoms with Crippen LogP contribution in [0.5, 0.6) is 5.75 Å². The molecule has 0 aliphatic heterocycles. The standard InChI is InChI=1S/C32H39N3O6/c1-32(2,3)41-31(38)35-20-21-8-10-22(11-9-21)29(36)34-16-17-40-25-7-5-6-23(18-25)24-12-13-26-27(30(37)39-4)14-15-33-28(26)19-24/h5-7,12-15,18-19,21-22H,8-11,16-17,20H2,1-4H3,(H,34,36)(H,35,38). The van der Waals surface area contributed by atoms with E-state index in [1.54, 1.807) is 12.3 Å². The fraction of sp³-hybridized carbons (Fsp3) is 0.438. The number of benzene rings is 2. The Morgan fingerprint density at radius 3 is 2.44 bits per heavy atom. The molecule has 1 aliphatic carbocycles. The first kappa shape index (κ1) is 29.8. The Bertz CT molecular complexity index is 1380. The van der Waals surface area contributed by atoms with E-state index in [4.69, 9.17) is 14.2 Å². The molecule has 218 valence electrons. The van der Waals surface area contributed by atoms with E-state index >= 15 is 0 Å². The molecule has 2 aromatic carbocycles. The number of amides is 2. The average Bonchev–Trinajstić information content (AvgIpc) is 2.96. The van der Waals surface area contributed by atoms with Crippen molar-refractivity contribution in [1.82, 2.24) is 15.6 Å². The summed E-state index contributed by atoms with van der Waals surface area (Å²) in [4.78, 5) is 41.0. The highest BCUT2D eigenvalue weighted by molar-refractivity contribution is 6.04. The second-order valence-electron chi connectivity index (χ2n) is 11.3. The molecule has 1 saturated carbocycles. The average molecular weight is 562 g/mol. The Morgan fingerprint density at radius 1 is 0.951 bits per heavy atom. The third kappa shape index (κ3) is 8.42. The molecule has 9 nitrogen and oxygen atoms in total. The second kappa shape index (κ2) is 13.5. The van der Waals surface area contributed by atoms with Crippen molar-refractivity contribution in [2.24, 2.45) is 11.8 Å². The summed E-state index contributed by atoms with van der Waals surface area (Å²) < 4.78 is 16.1. The minimum Gasteiger partial charge on any atom is -0.492 e. The Hall–Kier alpha value is -4.14. The maximum absolute atomic E-state index is 12.7. The number of pyridine rings is 1. The number of carbonyl (C=O) groups excluding carboxylic acids is 3. The molecule has 0 radical (unpaired) electrons. The van der Waals surface area contributed by atoms with Crippen LogP contribution >= 0.6 is 0 Å². The number of methoxy groups -OCH3 is 1. The van der Waals surface area contributed by atoms with E-state index < -0.39 is 17.7 Å². The van der Waals surface area contributed by atoms with Crippen molar-refractivity contribution in [3.8, 4) is 16.9 Å². The van der Waals surface area contributed by atoms with Crippen LogP contribution in [0.3, 0.4) is 0 Å². The summed E-state index contributed by atoms with van der Waals surface area (Å²) in [5.41, 5.74) is 2.57. The van der Waals surface area contributed by atoms with Gasteiger partial charge in [0.05, 0.1) is 24.7 Å². The van der Waals surface area contributed by atoms with Gasteiger partial charge in [-0.1, -0.05) is 24.3 Å². The maximum atomic E-state index is 12.7. The Labute approximate surface area is 241 Å². The predicted octanol–water partition coefficient (Wildman–Crippen LogP) is 5.51. The Balaban J connectivity index is 1.22. The number of nitrogens with zero attached hydrogens (tertiary/aromatic N) is 1. The number of esters is 1. The van der Waals surface area contributed by atoms with Crippen LogP contribution in [-0.2, 0) is 14.3 Å². The fourth-order valence-electron chi connectivity index (χ4n) is 5.04. The van der Waals surface area contributed by atoms with Gasteiger partial charge in [0.25, 0.3) is 0 Å². The first-order valence-electron chi connectivity index (χ1n) is 14.1. The van der Waals surface area contributed by atoms with Gasteiger partial charge in [-0.2, -0.15) is 0 Å². The number of nitrogens with one attached hydrogen (secondary N) is 2. The molecule has 0 spiro atoms. The molecule has 41 heavy (non-hydrogen) atoms. The third-order valence-corrected chi connectivity index (χ3v) is 7.14. The van der Waals surface area contributed by atoms with E-state index in [9.17, 15) is 14.4 Å². The van der Waals surface area contributed by atoms with Crippen molar-refractivity contribution < 1.29 is 28.6 Å². The van der Waals surface area contributed by atoms with Crippen LogP contribution in [0.4, 0.5) is 4.79 Å². The Kier molecular flexibility index (Phi) is 9.81. The molecule has 3 aromatic rings. The highest BCUT2D eigenvalue weighted by Crippen LogP contribution is 2.29. The van der Waals surface area contributed by atoms with E-state index in [-0.39, 0.29) is 11.8 Å². The molecule has 9 heteroatoms. The van der Waals surface area contributed by atoms with E-state index in [1.807, 2.05) is 63.2 Å². The lowest BCUT2D eigenvalue weighted by molar-refractivity contribution is -0.126. The molecule has 0 bridgehead atoms. The van der Waals surface area contributed by atoms with Crippen LogP contribution in [0.2, 0.25) is 0 Å². The quantitative estimate of drug-likeness (QED) is 0.261. The molecule has 0 unspecified atom stereocenters. The predicted molar refractivity (Wildman–Crippen MR) is 157 cm³/mol. The number of rotatable bonds is 9. The van der Waals surface area contributed by atoms with Gasteiger partial charge in [0.1, 0.15) is 18.0 Å². The van der Waals surface area contributed by atoms with E-state index in [0.29, 0.717) is 42.4 Å².